The normalized spacial score (nSPS) is 12.3. The average Bonchev–Trinajstić information content (AvgIpc) is 2.27. The van der Waals surface area contributed by atoms with Gasteiger partial charge in [0.15, 0.2) is 0 Å². The molecule has 1 aromatic carbocycles. The highest BCUT2D eigenvalue weighted by atomic mass is 79.9. The molecule has 0 aromatic heterocycles. The van der Waals surface area contributed by atoms with Gasteiger partial charge in [-0.05, 0) is 24.1 Å². The Morgan fingerprint density at radius 2 is 2.00 bits per heavy atom. The van der Waals surface area contributed by atoms with E-state index in [2.05, 4.69) is 22.9 Å². The smallest absolute Gasteiger partial charge is 0.122 e. The van der Waals surface area contributed by atoms with Crippen LogP contribution in [-0.4, -0.2) is 19.5 Å². The summed E-state index contributed by atoms with van der Waals surface area (Å²) in [6.07, 6.45) is 0. The summed E-state index contributed by atoms with van der Waals surface area (Å²) in [5, 5.41) is 0.913. The maximum atomic E-state index is 5.29. The zero-order chi connectivity index (χ0) is 10.6. The monoisotopic (exact) mass is 258 g/mol. The summed E-state index contributed by atoms with van der Waals surface area (Å²) in [5.41, 5.74) is 1.17. The third-order valence-corrected chi connectivity index (χ3v) is 3.17. The van der Waals surface area contributed by atoms with Gasteiger partial charge in [0.1, 0.15) is 11.5 Å². The molecule has 0 N–H and O–H groups in total. The van der Waals surface area contributed by atoms with E-state index in [1.54, 1.807) is 14.2 Å². The minimum Gasteiger partial charge on any atom is -0.497 e. The molecule has 0 saturated carbocycles. The zero-order valence-electron chi connectivity index (χ0n) is 8.71. The number of rotatable bonds is 4. The second-order valence-corrected chi connectivity index (χ2v) is 3.81. The molecule has 1 atom stereocenters. The van der Waals surface area contributed by atoms with Crippen molar-refractivity contribution < 1.29 is 9.47 Å². The molecule has 0 aliphatic rings. The standard InChI is InChI=1S/C11H15BrO2/c1-8(7-12)10-6-9(13-2)4-5-11(10)14-3/h4-6,8H,7H2,1-3H3. The van der Waals surface area contributed by atoms with Gasteiger partial charge in [-0.25, -0.2) is 0 Å². The Morgan fingerprint density at radius 3 is 2.50 bits per heavy atom. The topological polar surface area (TPSA) is 18.5 Å². The van der Waals surface area contributed by atoms with Gasteiger partial charge >= 0.3 is 0 Å². The molecule has 0 bridgehead atoms. The van der Waals surface area contributed by atoms with E-state index in [-0.39, 0.29) is 0 Å². The van der Waals surface area contributed by atoms with Crippen molar-refractivity contribution in [2.75, 3.05) is 19.5 Å². The van der Waals surface area contributed by atoms with E-state index in [0.29, 0.717) is 5.92 Å². The Balaban J connectivity index is 3.08. The first kappa shape index (κ1) is 11.4. The maximum absolute atomic E-state index is 5.29. The molecule has 1 unspecified atom stereocenters. The van der Waals surface area contributed by atoms with E-state index in [0.717, 1.165) is 16.8 Å². The molecule has 0 spiro atoms. The number of methoxy groups -OCH3 is 2. The maximum Gasteiger partial charge on any atom is 0.122 e. The predicted molar refractivity (Wildman–Crippen MR) is 61.8 cm³/mol. The fraction of sp³-hybridized carbons (Fsp3) is 0.455. The summed E-state index contributed by atoms with van der Waals surface area (Å²) < 4.78 is 10.5. The van der Waals surface area contributed by atoms with Gasteiger partial charge in [0, 0.05) is 10.9 Å². The van der Waals surface area contributed by atoms with Crippen LogP contribution in [0.25, 0.3) is 0 Å². The number of halogens is 1. The largest absolute Gasteiger partial charge is 0.497 e. The first-order valence-electron chi connectivity index (χ1n) is 4.50. The third kappa shape index (κ3) is 2.41. The first-order chi connectivity index (χ1) is 6.72. The molecule has 14 heavy (non-hydrogen) atoms. The molecule has 0 fully saturated rings. The van der Waals surface area contributed by atoms with E-state index in [1.807, 2.05) is 18.2 Å². The minimum absolute atomic E-state index is 0.417. The van der Waals surface area contributed by atoms with Crippen LogP contribution in [0, 0.1) is 0 Å². The van der Waals surface area contributed by atoms with E-state index in [1.165, 1.54) is 5.56 Å². The van der Waals surface area contributed by atoms with Crippen LogP contribution in [0.4, 0.5) is 0 Å². The molecule has 1 aromatic rings. The molecule has 0 aliphatic carbocycles. The Bertz CT molecular complexity index is 299. The Hall–Kier alpha value is -0.700. The van der Waals surface area contributed by atoms with Crippen LogP contribution >= 0.6 is 15.9 Å². The molecule has 0 saturated heterocycles. The Kier molecular flexibility index (Phi) is 4.26. The Labute approximate surface area is 93.4 Å². The summed E-state index contributed by atoms with van der Waals surface area (Å²) in [7, 11) is 3.36. The van der Waals surface area contributed by atoms with Crippen LogP contribution in [0.1, 0.15) is 18.4 Å². The van der Waals surface area contributed by atoms with Crippen LogP contribution in [0.5, 0.6) is 11.5 Å². The van der Waals surface area contributed by atoms with Crippen molar-refractivity contribution in [2.24, 2.45) is 0 Å². The molecule has 2 nitrogen and oxygen atoms in total. The highest BCUT2D eigenvalue weighted by Crippen LogP contribution is 2.31. The van der Waals surface area contributed by atoms with Crippen molar-refractivity contribution >= 4 is 15.9 Å². The second-order valence-electron chi connectivity index (χ2n) is 3.16. The fourth-order valence-corrected chi connectivity index (χ4v) is 1.66. The van der Waals surface area contributed by atoms with Gasteiger partial charge in [-0.15, -0.1) is 0 Å². The van der Waals surface area contributed by atoms with E-state index < -0.39 is 0 Å². The van der Waals surface area contributed by atoms with Crippen molar-refractivity contribution in [3.8, 4) is 11.5 Å². The van der Waals surface area contributed by atoms with Crippen molar-refractivity contribution in [1.82, 2.24) is 0 Å². The lowest BCUT2D eigenvalue weighted by atomic mass is 10.0. The van der Waals surface area contributed by atoms with E-state index in [4.69, 9.17) is 9.47 Å². The average molecular weight is 259 g/mol. The zero-order valence-corrected chi connectivity index (χ0v) is 10.3. The van der Waals surface area contributed by atoms with Crippen LogP contribution in [-0.2, 0) is 0 Å². The van der Waals surface area contributed by atoms with Gasteiger partial charge in [0.05, 0.1) is 14.2 Å². The number of hydrogen-bond donors (Lipinski definition) is 0. The van der Waals surface area contributed by atoms with Crippen molar-refractivity contribution in [1.29, 1.82) is 0 Å². The highest BCUT2D eigenvalue weighted by molar-refractivity contribution is 9.09. The number of alkyl halides is 1. The lowest BCUT2D eigenvalue weighted by Gasteiger charge is -2.14. The summed E-state index contributed by atoms with van der Waals surface area (Å²) in [6.45, 7) is 2.14. The highest BCUT2D eigenvalue weighted by Gasteiger charge is 2.11. The number of ether oxygens (including phenoxy) is 2. The minimum atomic E-state index is 0.417. The summed E-state index contributed by atoms with van der Waals surface area (Å²) in [6, 6.07) is 5.86. The lowest BCUT2D eigenvalue weighted by molar-refractivity contribution is 0.397. The molecule has 0 amide bonds. The summed E-state index contributed by atoms with van der Waals surface area (Å²) in [4.78, 5) is 0. The predicted octanol–water partition coefficient (Wildman–Crippen LogP) is 3.20. The van der Waals surface area contributed by atoms with Gasteiger partial charge < -0.3 is 9.47 Å². The fourth-order valence-electron chi connectivity index (χ4n) is 1.31. The molecule has 0 heterocycles. The van der Waals surface area contributed by atoms with Crippen molar-refractivity contribution in [2.45, 2.75) is 12.8 Å². The van der Waals surface area contributed by atoms with E-state index in [9.17, 15) is 0 Å². The van der Waals surface area contributed by atoms with Crippen molar-refractivity contribution in [3.05, 3.63) is 23.8 Å². The quantitative estimate of drug-likeness (QED) is 0.773. The first-order valence-corrected chi connectivity index (χ1v) is 5.63. The van der Waals surface area contributed by atoms with Crippen LogP contribution in [0.15, 0.2) is 18.2 Å². The molecule has 78 valence electrons. The third-order valence-electron chi connectivity index (χ3n) is 2.20. The number of benzene rings is 1. The SMILES string of the molecule is COc1ccc(OC)c(C(C)CBr)c1. The van der Waals surface area contributed by atoms with Gasteiger partial charge in [-0.3, -0.25) is 0 Å². The Morgan fingerprint density at radius 1 is 1.29 bits per heavy atom. The number of hydrogen-bond acceptors (Lipinski definition) is 2. The van der Waals surface area contributed by atoms with Gasteiger partial charge in [-0.1, -0.05) is 22.9 Å². The molecule has 0 aliphatic heterocycles. The summed E-state index contributed by atoms with van der Waals surface area (Å²) >= 11 is 3.46. The van der Waals surface area contributed by atoms with E-state index >= 15 is 0 Å². The van der Waals surface area contributed by atoms with Gasteiger partial charge in [0.25, 0.3) is 0 Å². The molecule has 0 radical (unpaired) electrons. The lowest BCUT2D eigenvalue weighted by Crippen LogP contribution is -1.99. The van der Waals surface area contributed by atoms with Gasteiger partial charge in [-0.2, -0.15) is 0 Å². The van der Waals surface area contributed by atoms with Gasteiger partial charge in [0.2, 0.25) is 0 Å². The van der Waals surface area contributed by atoms with Crippen molar-refractivity contribution in [3.63, 3.8) is 0 Å². The van der Waals surface area contributed by atoms with Crippen LogP contribution in [0.2, 0.25) is 0 Å². The summed E-state index contributed by atoms with van der Waals surface area (Å²) in [5.74, 6) is 2.20. The molecular formula is C11H15BrO2. The molecule has 1 rings (SSSR count). The molecular weight excluding hydrogens is 244 g/mol. The van der Waals surface area contributed by atoms with Crippen LogP contribution < -0.4 is 9.47 Å². The molecule has 3 heteroatoms. The second kappa shape index (κ2) is 5.25. The van der Waals surface area contributed by atoms with Crippen LogP contribution in [0.3, 0.4) is 0 Å².